The molecule has 2 N–H and O–H groups in total. The molecule has 0 radical (unpaired) electrons. The number of aliphatic carboxylic acids is 1. The minimum Gasteiger partial charge on any atom is -0.481 e. The molecule has 3 rings (SSSR count). The number of benzene rings is 1. The monoisotopic (exact) mass is 307 g/mol. The Morgan fingerprint density at radius 3 is 2.71 bits per heavy atom. The molecular formula is C16H18ClNO3. The highest BCUT2D eigenvalue weighted by molar-refractivity contribution is 6.30. The Kier molecular flexibility index (Phi) is 3.89. The SMILES string of the molecule is O=C(O)[C@@H]1CC[C@H](NC(=O)[C@@H]2C[C@H]2c2cccc(Cl)c2)C1. The lowest BCUT2D eigenvalue weighted by molar-refractivity contribution is -0.141. The lowest BCUT2D eigenvalue weighted by Gasteiger charge is -2.12. The molecule has 0 aromatic heterocycles. The van der Waals surface area contributed by atoms with Gasteiger partial charge in [-0.05, 0) is 49.3 Å². The van der Waals surface area contributed by atoms with Gasteiger partial charge in [-0.25, -0.2) is 0 Å². The highest BCUT2D eigenvalue weighted by atomic mass is 35.5. The Bertz CT molecular complexity index is 574. The van der Waals surface area contributed by atoms with Gasteiger partial charge in [-0.2, -0.15) is 0 Å². The molecule has 5 heteroatoms. The summed E-state index contributed by atoms with van der Waals surface area (Å²) in [6.07, 6.45) is 2.82. The number of hydrogen-bond acceptors (Lipinski definition) is 2. The largest absolute Gasteiger partial charge is 0.481 e. The van der Waals surface area contributed by atoms with Gasteiger partial charge in [0.05, 0.1) is 5.92 Å². The molecule has 4 atom stereocenters. The molecule has 112 valence electrons. The zero-order valence-electron chi connectivity index (χ0n) is 11.6. The van der Waals surface area contributed by atoms with Crippen LogP contribution >= 0.6 is 11.6 Å². The van der Waals surface area contributed by atoms with Crippen LogP contribution < -0.4 is 5.32 Å². The molecule has 0 bridgehead atoms. The Balaban J connectivity index is 1.53. The zero-order valence-corrected chi connectivity index (χ0v) is 12.3. The van der Waals surface area contributed by atoms with Gasteiger partial charge >= 0.3 is 5.97 Å². The number of carboxylic acids is 1. The first kappa shape index (κ1) is 14.4. The normalized spacial score (nSPS) is 30.9. The van der Waals surface area contributed by atoms with E-state index in [0.717, 1.165) is 18.4 Å². The summed E-state index contributed by atoms with van der Waals surface area (Å²) in [5.74, 6) is -0.753. The van der Waals surface area contributed by atoms with Crippen LogP contribution in [0.2, 0.25) is 5.02 Å². The first-order valence-electron chi connectivity index (χ1n) is 7.33. The highest BCUT2D eigenvalue weighted by Crippen LogP contribution is 2.48. The maximum atomic E-state index is 12.2. The lowest BCUT2D eigenvalue weighted by atomic mass is 10.1. The summed E-state index contributed by atoms with van der Waals surface area (Å²) < 4.78 is 0. The third-order valence-corrected chi connectivity index (χ3v) is 4.77. The fraction of sp³-hybridized carbons (Fsp3) is 0.500. The maximum Gasteiger partial charge on any atom is 0.306 e. The van der Waals surface area contributed by atoms with Gasteiger partial charge in [0.2, 0.25) is 5.91 Å². The molecular weight excluding hydrogens is 290 g/mol. The average Bonchev–Trinajstić information content (AvgIpc) is 3.11. The number of carbonyl (C=O) groups is 2. The van der Waals surface area contributed by atoms with Crippen molar-refractivity contribution in [2.24, 2.45) is 11.8 Å². The van der Waals surface area contributed by atoms with E-state index in [1.165, 1.54) is 0 Å². The van der Waals surface area contributed by atoms with Gasteiger partial charge in [0, 0.05) is 17.0 Å². The fourth-order valence-corrected chi connectivity index (χ4v) is 3.43. The van der Waals surface area contributed by atoms with Crippen molar-refractivity contribution >= 4 is 23.5 Å². The van der Waals surface area contributed by atoms with Crippen molar-refractivity contribution in [1.29, 1.82) is 0 Å². The Hall–Kier alpha value is -1.55. The number of nitrogens with one attached hydrogen (secondary N) is 1. The van der Waals surface area contributed by atoms with Crippen LogP contribution in [0.3, 0.4) is 0 Å². The second-order valence-electron chi connectivity index (χ2n) is 6.06. The van der Waals surface area contributed by atoms with E-state index in [0.29, 0.717) is 17.9 Å². The van der Waals surface area contributed by atoms with Crippen LogP contribution in [0.25, 0.3) is 0 Å². The topological polar surface area (TPSA) is 66.4 Å². The number of halogens is 1. The van der Waals surface area contributed by atoms with E-state index >= 15 is 0 Å². The molecule has 1 aromatic rings. The number of carboxylic acid groups (broad SMARTS) is 1. The molecule has 0 heterocycles. The summed E-state index contributed by atoms with van der Waals surface area (Å²) in [6, 6.07) is 7.65. The van der Waals surface area contributed by atoms with Crippen molar-refractivity contribution in [3.8, 4) is 0 Å². The van der Waals surface area contributed by atoms with Crippen LogP contribution in [0.5, 0.6) is 0 Å². The first-order chi connectivity index (χ1) is 10.0. The van der Waals surface area contributed by atoms with Crippen LogP contribution in [-0.4, -0.2) is 23.0 Å². The van der Waals surface area contributed by atoms with Crippen molar-refractivity contribution in [2.45, 2.75) is 37.6 Å². The molecule has 1 aromatic carbocycles. The Morgan fingerprint density at radius 2 is 2.05 bits per heavy atom. The summed E-state index contributed by atoms with van der Waals surface area (Å²) >= 11 is 5.97. The van der Waals surface area contributed by atoms with Gasteiger partial charge in [0.15, 0.2) is 0 Å². The smallest absolute Gasteiger partial charge is 0.306 e. The molecule has 0 saturated heterocycles. The van der Waals surface area contributed by atoms with Gasteiger partial charge in [-0.1, -0.05) is 23.7 Å². The Labute approximate surface area is 128 Å². The van der Waals surface area contributed by atoms with Crippen LogP contribution in [0.4, 0.5) is 0 Å². The average molecular weight is 308 g/mol. The predicted molar refractivity (Wildman–Crippen MR) is 79.2 cm³/mol. The van der Waals surface area contributed by atoms with Gasteiger partial charge < -0.3 is 10.4 Å². The lowest BCUT2D eigenvalue weighted by Crippen LogP contribution is -2.34. The van der Waals surface area contributed by atoms with Crippen LogP contribution in [-0.2, 0) is 9.59 Å². The van der Waals surface area contributed by atoms with Gasteiger partial charge in [0.1, 0.15) is 0 Å². The van der Waals surface area contributed by atoms with Crippen molar-refractivity contribution in [3.63, 3.8) is 0 Å². The molecule has 2 fully saturated rings. The molecule has 0 unspecified atom stereocenters. The van der Waals surface area contributed by atoms with E-state index in [4.69, 9.17) is 16.7 Å². The van der Waals surface area contributed by atoms with Crippen LogP contribution in [0.15, 0.2) is 24.3 Å². The quantitative estimate of drug-likeness (QED) is 0.899. The molecule has 2 saturated carbocycles. The predicted octanol–water partition coefficient (Wildman–Crippen LogP) is 2.81. The van der Waals surface area contributed by atoms with Gasteiger partial charge in [-0.3, -0.25) is 9.59 Å². The summed E-state index contributed by atoms with van der Waals surface area (Å²) in [6.45, 7) is 0. The summed E-state index contributed by atoms with van der Waals surface area (Å²) in [7, 11) is 0. The van der Waals surface area contributed by atoms with Crippen molar-refractivity contribution in [2.75, 3.05) is 0 Å². The van der Waals surface area contributed by atoms with E-state index in [1.807, 2.05) is 24.3 Å². The molecule has 1 amide bonds. The molecule has 2 aliphatic rings. The summed E-state index contributed by atoms with van der Waals surface area (Å²) in [5, 5.41) is 12.7. The minimum absolute atomic E-state index is 0.00680. The number of carbonyl (C=O) groups excluding carboxylic acids is 1. The van der Waals surface area contributed by atoms with E-state index in [1.54, 1.807) is 0 Å². The minimum atomic E-state index is -0.755. The highest BCUT2D eigenvalue weighted by Gasteiger charge is 2.45. The van der Waals surface area contributed by atoms with E-state index in [2.05, 4.69) is 5.32 Å². The second kappa shape index (κ2) is 5.68. The number of hydrogen-bond donors (Lipinski definition) is 2. The molecule has 2 aliphatic carbocycles. The maximum absolute atomic E-state index is 12.2. The molecule has 21 heavy (non-hydrogen) atoms. The molecule has 0 aliphatic heterocycles. The van der Waals surface area contributed by atoms with Crippen molar-refractivity contribution in [1.82, 2.24) is 5.32 Å². The van der Waals surface area contributed by atoms with Crippen molar-refractivity contribution < 1.29 is 14.7 Å². The third kappa shape index (κ3) is 3.21. The molecule has 4 nitrogen and oxygen atoms in total. The third-order valence-electron chi connectivity index (χ3n) is 4.53. The second-order valence-corrected chi connectivity index (χ2v) is 6.49. The summed E-state index contributed by atoms with van der Waals surface area (Å²) in [5.41, 5.74) is 1.11. The summed E-state index contributed by atoms with van der Waals surface area (Å²) in [4.78, 5) is 23.1. The number of rotatable bonds is 4. The van der Waals surface area contributed by atoms with E-state index in [9.17, 15) is 9.59 Å². The number of amides is 1. The van der Waals surface area contributed by atoms with Crippen molar-refractivity contribution in [3.05, 3.63) is 34.9 Å². The fourth-order valence-electron chi connectivity index (χ4n) is 3.24. The zero-order chi connectivity index (χ0) is 15.0. The standard InChI is InChI=1S/C16H18ClNO3/c17-11-3-1-2-9(6-11)13-8-14(13)15(19)18-12-5-4-10(7-12)16(20)21/h1-3,6,10,12-14H,4-5,7-8H2,(H,18,19)(H,20,21)/t10-,12+,13+,14-/m1/s1. The molecule has 0 spiro atoms. The Morgan fingerprint density at radius 1 is 1.24 bits per heavy atom. The van der Waals surface area contributed by atoms with E-state index < -0.39 is 5.97 Å². The van der Waals surface area contributed by atoms with E-state index in [-0.39, 0.29) is 29.7 Å². The van der Waals surface area contributed by atoms with Crippen LogP contribution in [0.1, 0.15) is 37.2 Å². The van der Waals surface area contributed by atoms with Gasteiger partial charge in [-0.15, -0.1) is 0 Å². The van der Waals surface area contributed by atoms with Gasteiger partial charge in [0.25, 0.3) is 0 Å². The first-order valence-corrected chi connectivity index (χ1v) is 7.71. The van der Waals surface area contributed by atoms with Crippen LogP contribution in [0, 0.1) is 11.8 Å².